The molecule has 4 rings (SSSR count). The Hall–Kier alpha value is -2.62. The molecule has 0 spiro atoms. The van der Waals surface area contributed by atoms with Gasteiger partial charge < -0.3 is 5.32 Å². The van der Waals surface area contributed by atoms with Crippen molar-refractivity contribution in [3.8, 4) is 0 Å². The summed E-state index contributed by atoms with van der Waals surface area (Å²) in [4.78, 5) is 28.6. The van der Waals surface area contributed by atoms with Gasteiger partial charge in [0.1, 0.15) is 0 Å². The summed E-state index contributed by atoms with van der Waals surface area (Å²) in [5, 5.41) is 3.32. The van der Waals surface area contributed by atoms with Gasteiger partial charge in [-0.2, -0.15) is 0 Å². The molecule has 1 atom stereocenters. The van der Waals surface area contributed by atoms with Gasteiger partial charge in [-0.15, -0.1) is 0 Å². The van der Waals surface area contributed by atoms with Crippen LogP contribution in [0.1, 0.15) is 80.5 Å². The predicted octanol–water partition coefficient (Wildman–Crippen LogP) is 5.51. The van der Waals surface area contributed by atoms with E-state index in [0.717, 1.165) is 48.1 Å². The minimum atomic E-state index is -0.982. The lowest BCUT2D eigenvalue weighted by Gasteiger charge is -2.51. The fourth-order valence-electron chi connectivity index (χ4n) is 5.13. The van der Waals surface area contributed by atoms with Crippen molar-refractivity contribution in [2.24, 2.45) is 0 Å². The first-order valence-corrected chi connectivity index (χ1v) is 11.6. The van der Waals surface area contributed by atoms with Crippen LogP contribution in [0.2, 0.25) is 0 Å². The maximum absolute atomic E-state index is 13.8. The van der Waals surface area contributed by atoms with Gasteiger partial charge in [-0.25, -0.2) is 0 Å². The van der Waals surface area contributed by atoms with E-state index in [1.165, 1.54) is 12.0 Å². The average Bonchev–Trinajstić information content (AvgIpc) is 2.74. The molecule has 1 aliphatic heterocycles. The van der Waals surface area contributed by atoms with E-state index >= 15 is 0 Å². The van der Waals surface area contributed by atoms with Crippen molar-refractivity contribution < 1.29 is 9.59 Å². The van der Waals surface area contributed by atoms with Crippen LogP contribution < -0.4 is 10.2 Å². The minimum Gasteiger partial charge on any atom is -0.351 e. The third-order valence-corrected chi connectivity index (χ3v) is 7.00. The van der Waals surface area contributed by atoms with Gasteiger partial charge in [0, 0.05) is 11.7 Å². The van der Waals surface area contributed by atoms with Crippen molar-refractivity contribution in [2.45, 2.75) is 83.7 Å². The first-order valence-electron chi connectivity index (χ1n) is 11.6. The van der Waals surface area contributed by atoms with Gasteiger partial charge in [-0.1, -0.05) is 75.1 Å². The van der Waals surface area contributed by atoms with Crippen molar-refractivity contribution in [3.63, 3.8) is 0 Å². The number of nitrogens with one attached hydrogen (secondary N) is 1. The van der Waals surface area contributed by atoms with E-state index < -0.39 is 5.54 Å². The van der Waals surface area contributed by atoms with Crippen LogP contribution in [0.25, 0.3) is 0 Å². The molecular weight excluding hydrogens is 384 g/mol. The molecule has 0 unspecified atom stereocenters. The summed E-state index contributed by atoms with van der Waals surface area (Å²) < 4.78 is 0. The Balaban J connectivity index is 1.76. The molecule has 2 aromatic rings. The van der Waals surface area contributed by atoms with Gasteiger partial charge in [0.05, 0.1) is 6.42 Å². The lowest BCUT2D eigenvalue weighted by Crippen LogP contribution is -2.69. The molecule has 4 nitrogen and oxygen atoms in total. The molecule has 2 amide bonds. The minimum absolute atomic E-state index is 0.00122. The largest absolute Gasteiger partial charge is 0.351 e. The molecule has 2 aliphatic rings. The molecule has 2 aromatic carbocycles. The van der Waals surface area contributed by atoms with Gasteiger partial charge in [-0.3, -0.25) is 14.5 Å². The first kappa shape index (κ1) is 21.6. The number of hydrogen-bond acceptors (Lipinski definition) is 2. The Bertz CT molecular complexity index is 973. The van der Waals surface area contributed by atoms with Crippen LogP contribution in [0.5, 0.6) is 0 Å². The Morgan fingerprint density at radius 2 is 1.71 bits per heavy atom. The fourth-order valence-corrected chi connectivity index (χ4v) is 5.13. The molecule has 0 radical (unpaired) electrons. The van der Waals surface area contributed by atoms with E-state index in [1.807, 2.05) is 38.1 Å². The molecule has 1 saturated heterocycles. The highest BCUT2D eigenvalue weighted by molar-refractivity contribution is 6.14. The molecule has 2 fully saturated rings. The van der Waals surface area contributed by atoms with Crippen LogP contribution in [0.15, 0.2) is 42.5 Å². The monoisotopic (exact) mass is 418 g/mol. The molecular formula is C27H34N2O2. The predicted molar refractivity (Wildman–Crippen MR) is 125 cm³/mol. The Labute approximate surface area is 186 Å². The number of hydrogen-bond donors (Lipinski definition) is 1. The SMILES string of the molecule is Cc1ccc(N2C(=O)C[C@@]2(C(=O)NC2CCCCC2)c2ccc(C(C)C)cc2)c(C)c1. The second-order valence-electron chi connectivity index (χ2n) is 9.64. The average molecular weight is 419 g/mol. The summed E-state index contributed by atoms with van der Waals surface area (Å²) in [6, 6.07) is 14.5. The number of benzene rings is 2. The maximum atomic E-state index is 13.8. The van der Waals surface area contributed by atoms with Crippen LogP contribution in [-0.4, -0.2) is 17.9 Å². The van der Waals surface area contributed by atoms with Crippen LogP contribution in [0.3, 0.4) is 0 Å². The standard InChI is InChI=1S/C27H34N2O2/c1-18(2)21-11-13-22(14-12-21)27(26(31)28-23-8-6-5-7-9-23)17-25(30)29(27)24-15-10-19(3)16-20(24)4/h10-16,18,23H,5-9,17H2,1-4H3,(H,28,31)/t27-/m0/s1. The molecule has 1 saturated carbocycles. The number of aryl methyl sites for hydroxylation is 2. The van der Waals surface area contributed by atoms with E-state index in [4.69, 9.17) is 0 Å². The highest BCUT2D eigenvalue weighted by Gasteiger charge is 2.59. The van der Waals surface area contributed by atoms with Crippen LogP contribution in [0, 0.1) is 13.8 Å². The van der Waals surface area contributed by atoms with Crippen LogP contribution >= 0.6 is 0 Å². The zero-order chi connectivity index (χ0) is 22.2. The maximum Gasteiger partial charge on any atom is 0.251 e. The van der Waals surface area contributed by atoms with Gasteiger partial charge >= 0.3 is 0 Å². The van der Waals surface area contributed by atoms with Crippen molar-refractivity contribution >= 4 is 17.5 Å². The van der Waals surface area contributed by atoms with Crippen LogP contribution in [-0.2, 0) is 15.1 Å². The fraction of sp³-hybridized carbons (Fsp3) is 0.481. The molecule has 1 N–H and O–H groups in total. The number of amides is 2. The zero-order valence-electron chi connectivity index (χ0n) is 19.2. The number of carbonyl (C=O) groups is 2. The Morgan fingerprint density at radius 3 is 2.29 bits per heavy atom. The van der Waals surface area contributed by atoms with Gasteiger partial charge in [-0.05, 0) is 55.4 Å². The summed E-state index contributed by atoms with van der Waals surface area (Å²) in [5.41, 5.74) is 4.13. The van der Waals surface area contributed by atoms with E-state index in [0.29, 0.717) is 5.92 Å². The number of rotatable bonds is 5. The molecule has 0 aromatic heterocycles. The summed E-state index contributed by atoms with van der Waals surface area (Å²) >= 11 is 0. The second kappa shape index (κ2) is 8.49. The van der Waals surface area contributed by atoms with Crippen LogP contribution in [0.4, 0.5) is 5.69 Å². The highest BCUT2D eigenvalue weighted by atomic mass is 16.2. The van der Waals surface area contributed by atoms with Crippen molar-refractivity contribution in [1.82, 2.24) is 5.32 Å². The van der Waals surface area contributed by atoms with Gasteiger partial charge in [0.2, 0.25) is 5.91 Å². The molecule has 1 heterocycles. The van der Waals surface area contributed by atoms with Gasteiger partial charge in [0.15, 0.2) is 5.54 Å². The molecule has 164 valence electrons. The third-order valence-electron chi connectivity index (χ3n) is 7.00. The first-order chi connectivity index (χ1) is 14.8. The van der Waals surface area contributed by atoms with Gasteiger partial charge in [0.25, 0.3) is 5.91 Å². The van der Waals surface area contributed by atoms with E-state index in [9.17, 15) is 9.59 Å². The van der Waals surface area contributed by atoms with Crippen molar-refractivity contribution in [3.05, 3.63) is 64.7 Å². The summed E-state index contributed by atoms with van der Waals surface area (Å²) in [6.07, 6.45) is 5.79. The molecule has 31 heavy (non-hydrogen) atoms. The molecule has 0 bridgehead atoms. The third kappa shape index (κ3) is 3.88. The summed E-state index contributed by atoms with van der Waals surface area (Å²) in [5.74, 6) is 0.370. The van der Waals surface area contributed by atoms with E-state index in [1.54, 1.807) is 4.90 Å². The summed E-state index contributed by atoms with van der Waals surface area (Å²) in [7, 11) is 0. The van der Waals surface area contributed by atoms with E-state index in [2.05, 4.69) is 37.4 Å². The quantitative estimate of drug-likeness (QED) is 0.651. The lowest BCUT2D eigenvalue weighted by molar-refractivity contribution is -0.141. The van der Waals surface area contributed by atoms with Crippen molar-refractivity contribution in [1.29, 1.82) is 0 Å². The molecule has 4 heteroatoms. The molecule has 1 aliphatic carbocycles. The highest BCUT2D eigenvalue weighted by Crippen LogP contribution is 2.46. The smallest absolute Gasteiger partial charge is 0.251 e. The van der Waals surface area contributed by atoms with E-state index in [-0.39, 0.29) is 24.3 Å². The number of β-lactam (4-membered cyclic amide) rings is 1. The Morgan fingerprint density at radius 1 is 1.03 bits per heavy atom. The number of anilines is 1. The lowest BCUT2D eigenvalue weighted by atomic mass is 9.75. The topological polar surface area (TPSA) is 49.4 Å². The second-order valence-corrected chi connectivity index (χ2v) is 9.64. The Kier molecular flexibility index (Phi) is 5.92. The van der Waals surface area contributed by atoms with Crippen molar-refractivity contribution in [2.75, 3.05) is 4.90 Å². The summed E-state index contributed by atoms with van der Waals surface area (Å²) in [6.45, 7) is 8.38. The zero-order valence-corrected chi connectivity index (χ0v) is 19.2. The number of nitrogens with zero attached hydrogens (tertiary/aromatic N) is 1. The normalized spacial score (nSPS) is 21.8. The number of carbonyl (C=O) groups excluding carboxylic acids is 2.